The monoisotopic (exact) mass is 206 g/mol. The van der Waals surface area contributed by atoms with Gasteiger partial charge < -0.3 is 5.48 Å². The SMILES string of the molecule is O.S=C(S)S.[K].[K]. The summed E-state index contributed by atoms with van der Waals surface area (Å²) in [7, 11) is 0. The van der Waals surface area contributed by atoms with Crippen molar-refractivity contribution in [1.82, 2.24) is 0 Å². The fourth-order valence-corrected chi connectivity index (χ4v) is 0. The average molecular weight is 206 g/mol. The summed E-state index contributed by atoms with van der Waals surface area (Å²) in [5.74, 6) is 0. The molecule has 2 N–H and O–H groups in total. The summed E-state index contributed by atoms with van der Waals surface area (Å²) in [6, 6.07) is 0. The van der Waals surface area contributed by atoms with Gasteiger partial charge in [-0.25, -0.2) is 0 Å². The van der Waals surface area contributed by atoms with Gasteiger partial charge in [0.05, 0.1) is 3.53 Å². The van der Waals surface area contributed by atoms with Crippen LogP contribution < -0.4 is 0 Å². The zero-order valence-corrected chi connectivity index (χ0v) is 13.2. The van der Waals surface area contributed by atoms with Crippen LogP contribution in [0.4, 0.5) is 0 Å². The third kappa shape index (κ3) is 39.9. The molecule has 0 bridgehead atoms. The molecular weight excluding hydrogens is 202 g/mol. The van der Waals surface area contributed by atoms with Crippen molar-refractivity contribution in [1.29, 1.82) is 0 Å². The van der Waals surface area contributed by atoms with E-state index in [1.807, 2.05) is 0 Å². The average Bonchev–Trinajstić information content (AvgIpc) is 0.811. The maximum atomic E-state index is 4.27. The van der Waals surface area contributed by atoms with Crippen LogP contribution in [-0.2, 0) is 0 Å². The van der Waals surface area contributed by atoms with Gasteiger partial charge in [0.15, 0.2) is 0 Å². The van der Waals surface area contributed by atoms with Gasteiger partial charge in [-0.05, 0) is 0 Å². The van der Waals surface area contributed by atoms with Gasteiger partial charge in [0.25, 0.3) is 0 Å². The van der Waals surface area contributed by atoms with Gasteiger partial charge in [-0.3, -0.25) is 0 Å². The maximum Gasteiger partial charge on any atom is 0.0976 e. The summed E-state index contributed by atoms with van der Waals surface area (Å²) >= 11 is 11.4. The summed E-state index contributed by atoms with van der Waals surface area (Å²) in [6.07, 6.45) is 0. The number of hydrogen-bond acceptors (Lipinski definition) is 1. The smallest absolute Gasteiger partial charge is 0.0976 e. The van der Waals surface area contributed by atoms with Crippen molar-refractivity contribution in [3.05, 3.63) is 0 Å². The Kier molecular flexibility index (Phi) is 53.1. The molecule has 0 aromatic carbocycles. The first-order valence-corrected chi connectivity index (χ1v) is 1.95. The van der Waals surface area contributed by atoms with Crippen molar-refractivity contribution in [3.63, 3.8) is 0 Å². The standard InChI is InChI=1S/CH2S3.2K.H2O/c2-1(3)4;;;/h(H2,2,3,4);;;1H2. The van der Waals surface area contributed by atoms with Crippen molar-refractivity contribution in [2.45, 2.75) is 0 Å². The molecule has 0 heterocycles. The van der Waals surface area contributed by atoms with Crippen molar-refractivity contribution >= 4 is 144 Å². The van der Waals surface area contributed by atoms with Gasteiger partial charge in [0.2, 0.25) is 0 Å². The summed E-state index contributed by atoms with van der Waals surface area (Å²) in [5, 5.41) is 0. The molecule has 6 heteroatoms. The van der Waals surface area contributed by atoms with Gasteiger partial charge in [-0.2, -0.15) is 0 Å². The van der Waals surface area contributed by atoms with E-state index in [9.17, 15) is 0 Å². The number of hydrogen-bond donors (Lipinski definition) is 2. The van der Waals surface area contributed by atoms with E-state index >= 15 is 0 Å². The zero-order chi connectivity index (χ0) is 3.58. The molecule has 2 radical (unpaired) electrons. The van der Waals surface area contributed by atoms with Crippen LogP contribution in [0.2, 0.25) is 0 Å². The van der Waals surface area contributed by atoms with Gasteiger partial charge in [-0.15, -0.1) is 25.3 Å². The van der Waals surface area contributed by atoms with Gasteiger partial charge in [-0.1, -0.05) is 12.2 Å². The van der Waals surface area contributed by atoms with Gasteiger partial charge >= 0.3 is 0 Å². The van der Waals surface area contributed by atoms with E-state index < -0.39 is 0 Å². The van der Waals surface area contributed by atoms with E-state index in [1.54, 1.807) is 0 Å². The molecule has 0 saturated heterocycles. The van der Waals surface area contributed by atoms with Crippen molar-refractivity contribution in [2.24, 2.45) is 0 Å². The molecule has 0 aliphatic rings. The third-order valence-electron chi connectivity index (χ3n) is 0. The Morgan fingerprint density at radius 2 is 1.14 bits per heavy atom. The molecule has 0 aliphatic carbocycles. The maximum absolute atomic E-state index is 4.27. The molecule has 0 atom stereocenters. The molecule has 0 aliphatic heterocycles. The number of rotatable bonds is 0. The molecular formula is CH4K2OS3. The Balaban J connectivity index is -0.0000000150. The summed E-state index contributed by atoms with van der Waals surface area (Å²) in [4.78, 5) is 0. The molecule has 0 spiro atoms. The van der Waals surface area contributed by atoms with E-state index in [0.29, 0.717) is 3.53 Å². The molecule has 0 saturated carbocycles. The fraction of sp³-hybridized carbons (Fsp3) is 0. The molecule has 0 unspecified atom stereocenters. The first-order chi connectivity index (χ1) is 1.73. The minimum atomic E-state index is 0. The van der Waals surface area contributed by atoms with Crippen LogP contribution in [0.25, 0.3) is 0 Å². The zero-order valence-electron chi connectivity index (χ0n) is 4.30. The Hall–Kier alpha value is 4.02. The number of thiocarbonyl (C=S) groups is 1. The summed E-state index contributed by atoms with van der Waals surface area (Å²) in [5.41, 5.74) is 0. The quantitative estimate of drug-likeness (QED) is 0.314. The summed E-state index contributed by atoms with van der Waals surface area (Å²) in [6.45, 7) is 0. The first-order valence-electron chi connectivity index (χ1n) is 0.651. The van der Waals surface area contributed by atoms with Crippen LogP contribution in [0.5, 0.6) is 0 Å². The molecule has 34 valence electrons. The molecule has 0 aromatic heterocycles. The predicted molar refractivity (Wildman–Crippen MR) is 45.7 cm³/mol. The molecule has 7 heavy (non-hydrogen) atoms. The van der Waals surface area contributed by atoms with Gasteiger partial charge in [0, 0.05) is 103 Å². The molecule has 0 amide bonds. The topological polar surface area (TPSA) is 31.5 Å². The van der Waals surface area contributed by atoms with Crippen LogP contribution in [0, 0.1) is 0 Å². The second-order valence-electron chi connectivity index (χ2n) is 0.283. The predicted octanol–water partition coefficient (Wildman–Crippen LogP) is -0.455. The van der Waals surface area contributed by atoms with E-state index in [0.717, 1.165) is 0 Å². The van der Waals surface area contributed by atoms with Crippen molar-refractivity contribution in [2.75, 3.05) is 0 Å². The van der Waals surface area contributed by atoms with Crippen molar-refractivity contribution < 1.29 is 5.48 Å². The van der Waals surface area contributed by atoms with Crippen molar-refractivity contribution in [3.8, 4) is 0 Å². The van der Waals surface area contributed by atoms with Crippen LogP contribution in [0.15, 0.2) is 0 Å². The fourth-order valence-electron chi connectivity index (χ4n) is 0. The second-order valence-corrected chi connectivity index (χ2v) is 2.54. The Morgan fingerprint density at radius 1 is 1.14 bits per heavy atom. The van der Waals surface area contributed by atoms with E-state index in [4.69, 9.17) is 0 Å². The number of thiol groups is 2. The van der Waals surface area contributed by atoms with E-state index in [-0.39, 0.29) is 108 Å². The third-order valence-corrected chi connectivity index (χ3v) is 0. The van der Waals surface area contributed by atoms with Crippen LogP contribution >= 0.6 is 37.5 Å². The Morgan fingerprint density at radius 3 is 1.14 bits per heavy atom. The molecule has 1 nitrogen and oxygen atoms in total. The normalized spacial score (nSPS) is 3.71. The first kappa shape index (κ1) is 22.5. The summed E-state index contributed by atoms with van der Waals surface area (Å²) < 4.78 is 0.389. The van der Waals surface area contributed by atoms with Crippen LogP contribution in [0.3, 0.4) is 0 Å². The molecule has 0 fully saturated rings. The minimum Gasteiger partial charge on any atom is -0.412 e. The van der Waals surface area contributed by atoms with E-state index in [1.165, 1.54) is 0 Å². The molecule has 0 rings (SSSR count). The van der Waals surface area contributed by atoms with E-state index in [2.05, 4.69) is 37.5 Å². The second kappa shape index (κ2) is 16.5. The Bertz CT molecular complexity index is 35.9. The Labute approximate surface area is 145 Å². The molecule has 0 aromatic rings. The largest absolute Gasteiger partial charge is 0.412 e. The minimum absolute atomic E-state index is 0. The van der Waals surface area contributed by atoms with Crippen LogP contribution in [0.1, 0.15) is 0 Å². The van der Waals surface area contributed by atoms with Crippen LogP contribution in [-0.4, -0.2) is 112 Å². The van der Waals surface area contributed by atoms with Gasteiger partial charge in [0.1, 0.15) is 0 Å².